The van der Waals surface area contributed by atoms with Gasteiger partial charge in [-0.1, -0.05) is 6.58 Å². The average molecular weight is 151 g/mol. The molecule has 0 saturated heterocycles. The van der Waals surface area contributed by atoms with Crippen LogP contribution in [0.5, 0.6) is 0 Å². The summed E-state index contributed by atoms with van der Waals surface area (Å²) in [6, 6.07) is 0. The fourth-order valence-corrected chi connectivity index (χ4v) is 0.711. The van der Waals surface area contributed by atoms with Crippen LogP contribution < -0.4 is 5.48 Å². The summed E-state index contributed by atoms with van der Waals surface area (Å²) in [5.74, 6) is 0. The molecular formula is C4H10NO3P. The highest BCUT2D eigenvalue weighted by Crippen LogP contribution is 2.20. The lowest BCUT2D eigenvalue weighted by Gasteiger charge is -1.99. The Labute approximate surface area is 54.8 Å². The Balaban J connectivity index is 3.16. The van der Waals surface area contributed by atoms with Crippen LogP contribution in [0.4, 0.5) is 0 Å². The second kappa shape index (κ2) is 5.82. The summed E-state index contributed by atoms with van der Waals surface area (Å²) in [6.07, 6.45) is 1.28. The maximum absolute atomic E-state index is 10.4. The van der Waals surface area contributed by atoms with E-state index < -0.39 is 8.25 Å². The van der Waals surface area contributed by atoms with Crippen molar-refractivity contribution in [3.63, 3.8) is 0 Å². The van der Waals surface area contributed by atoms with Gasteiger partial charge in [0.2, 0.25) is 0 Å². The first-order chi connectivity index (χ1) is 4.31. The van der Waals surface area contributed by atoms with Gasteiger partial charge in [0.05, 0.1) is 6.61 Å². The summed E-state index contributed by atoms with van der Waals surface area (Å²) >= 11 is 0. The molecule has 0 aliphatic rings. The number of hydrogen-bond acceptors (Lipinski definition) is 4. The average Bonchev–Trinajstić information content (AvgIpc) is 1.85. The third-order valence-corrected chi connectivity index (χ3v) is 1.30. The number of hydroxylamine groups is 1. The van der Waals surface area contributed by atoms with Gasteiger partial charge in [0, 0.05) is 6.20 Å². The first-order valence-corrected chi connectivity index (χ1v) is 3.73. The first-order valence-electron chi connectivity index (χ1n) is 2.51. The molecule has 0 bridgehead atoms. The number of hydrogen-bond donors (Lipinski definition) is 1. The van der Waals surface area contributed by atoms with Gasteiger partial charge in [0.15, 0.2) is 0 Å². The van der Waals surface area contributed by atoms with Crippen LogP contribution in [0.1, 0.15) is 6.92 Å². The third kappa shape index (κ3) is 5.56. The molecule has 0 aromatic heterocycles. The SMILES string of the molecule is C=CNO[PH](=O)OCC. The predicted molar refractivity (Wildman–Crippen MR) is 35.0 cm³/mol. The minimum atomic E-state index is -2.34. The van der Waals surface area contributed by atoms with E-state index in [1.54, 1.807) is 6.92 Å². The van der Waals surface area contributed by atoms with E-state index in [0.717, 1.165) is 0 Å². The molecule has 0 spiro atoms. The summed E-state index contributed by atoms with van der Waals surface area (Å²) in [5, 5.41) is 0. The maximum Gasteiger partial charge on any atom is 0.340 e. The van der Waals surface area contributed by atoms with E-state index in [-0.39, 0.29) is 0 Å². The minimum Gasteiger partial charge on any atom is -0.310 e. The fourth-order valence-electron chi connectivity index (χ4n) is 0.237. The van der Waals surface area contributed by atoms with Gasteiger partial charge >= 0.3 is 8.25 Å². The van der Waals surface area contributed by atoms with Crippen molar-refractivity contribution in [2.24, 2.45) is 0 Å². The van der Waals surface area contributed by atoms with Crippen molar-refractivity contribution in [1.29, 1.82) is 0 Å². The number of nitrogens with one attached hydrogen (secondary N) is 1. The smallest absolute Gasteiger partial charge is 0.310 e. The van der Waals surface area contributed by atoms with Crippen molar-refractivity contribution in [3.05, 3.63) is 12.8 Å². The highest BCUT2D eigenvalue weighted by molar-refractivity contribution is 7.33. The predicted octanol–water partition coefficient (Wildman–Crippen LogP) is 1.08. The van der Waals surface area contributed by atoms with Crippen molar-refractivity contribution in [1.82, 2.24) is 5.48 Å². The largest absolute Gasteiger partial charge is 0.340 e. The molecule has 1 atom stereocenters. The van der Waals surface area contributed by atoms with Crippen LogP contribution in [-0.2, 0) is 13.7 Å². The van der Waals surface area contributed by atoms with Gasteiger partial charge in [-0.05, 0) is 6.92 Å². The molecule has 0 aromatic rings. The zero-order valence-corrected chi connectivity index (χ0v) is 6.22. The molecule has 0 amide bonds. The molecule has 0 heterocycles. The van der Waals surface area contributed by atoms with E-state index in [1.807, 2.05) is 0 Å². The summed E-state index contributed by atoms with van der Waals surface area (Å²) in [4.78, 5) is 0. The second-order valence-corrected chi connectivity index (χ2v) is 2.10. The van der Waals surface area contributed by atoms with Gasteiger partial charge in [0.1, 0.15) is 0 Å². The Morgan fingerprint density at radius 1 is 1.89 bits per heavy atom. The molecule has 0 radical (unpaired) electrons. The van der Waals surface area contributed by atoms with Crippen LogP contribution in [0.15, 0.2) is 12.8 Å². The summed E-state index contributed by atoms with van der Waals surface area (Å²) < 4.78 is 19.4. The first kappa shape index (κ1) is 8.69. The van der Waals surface area contributed by atoms with Crippen LogP contribution in [-0.4, -0.2) is 6.61 Å². The highest BCUT2D eigenvalue weighted by atomic mass is 31.1. The van der Waals surface area contributed by atoms with Gasteiger partial charge in [0.25, 0.3) is 0 Å². The van der Waals surface area contributed by atoms with Crippen molar-refractivity contribution in [2.75, 3.05) is 6.61 Å². The topological polar surface area (TPSA) is 47.6 Å². The second-order valence-electron chi connectivity index (χ2n) is 1.11. The van der Waals surface area contributed by atoms with Crippen molar-refractivity contribution in [2.45, 2.75) is 6.92 Å². The van der Waals surface area contributed by atoms with Gasteiger partial charge in [-0.2, -0.15) is 4.62 Å². The lowest BCUT2D eigenvalue weighted by Crippen LogP contribution is -1.98. The van der Waals surface area contributed by atoms with Crippen LogP contribution in [0.2, 0.25) is 0 Å². The normalized spacial score (nSPS) is 12.6. The molecule has 0 fully saturated rings. The fraction of sp³-hybridized carbons (Fsp3) is 0.500. The van der Waals surface area contributed by atoms with E-state index in [2.05, 4.69) is 21.2 Å². The molecule has 4 nitrogen and oxygen atoms in total. The Morgan fingerprint density at radius 3 is 3.00 bits per heavy atom. The van der Waals surface area contributed by atoms with E-state index in [9.17, 15) is 4.57 Å². The van der Waals surface area contributed by atoms with E-state index in [0.29, 0.717) is 6.61 Å². The Kier molecular flexibility index (Phi) is 5.62. The molecule has 9 heavy (non-hydrogen) atoms. The van der Waals surface area contributed by atoms with Crippen molar-refractivity contribution >= 4 is 8.25 Å². The van der Waals surface area contributed by atoms with Gasteiger partial charge in [-0.3, -0.25) is 10.0 Å². The van der Waals surface area contributed by atoms with Gasteiger partial charge < -0.3 is 4.52 Å². The zero-order chi connectivity index (χ0) is 7.11. The lowest BCUT2D eigenvalue weighted by molar-refractivity contribution is 0.191. The van der Waals surface area contributed by atoms with Crippen molar-refractivity contribution < 1.29 is 13.7 Å². The third-order valence-electron chi connectivity index (χ3n) is 0.488. The zero-order valence-electron chi connectivity index (χ0n) is 5.22. The van der Waals surface area contributed by atoms with Gasteiger partial charge in [-0.25, -0.2) is 0 Å². The molecule has 5 heteroatoms. The quantitative estimate of drug-likeness (QED) is 0.471. The molecular weight excluding hydrogens is 141 g/mol. The molecule has 1 unspecified atom stereocenters. The number of rotatable bonds is 5. The lowest BCUT2D eigenvalue weighted by atomic mass is 10.9. The summed E-state index contributed by atoms with van der Waals surface area (Å²) in [5.41, 5.74) is 2.20. The van der Waals surface area contributed by atoms with Crippen molar-refractivity contribution in [3.8, 4) is 0 Å². The maximum atomic E-state index is 10.4. The molecule has 0 rings (SSSR count). The van der Waals surface area contributed by atoms with E-state index >= 15 is 0 Å². The molecule has 0 aliphatic carbocycles. The molecule has 0 aromatic carbocycles. The van der Waals surface area contributed by atoms with E-state index in [4.69, 9.17) is 0 Å². The van der Waals surface area contributed by atoms with Crippen LogP contribution in [0.3, 0.4) is 0 Å². The Bertz CT molecular complexity index is 106. The van der Waals surface area contributed by atoms with Gasteiger partial charge in [-0.15, -0.1) is 0 Å². The molecule has 0 aliphatic heterocycles. The van der Waals surface area contributed by atoms with Crippen LogP contribution in [0, 0.1) is 0 Å². The Morgan fingerprint density at radius 2 is 2.56 bits per heavy atom. The standard InChI is InChI=1S/C4H10NO3P/c1-3-5-8-9(6)7-4-2/h3,5,9H,1,4H2,2H3. The molecule has 1 N–H and O–H groups in total. The van der Waals surface area contributed by atoms with E-state index in [1.165, 1.54) is 6.20 Å². The summed E-state index contributed by atoms with van der Waals surface area (Å²) in [7, 11) is -2.34. The summed E-state index contributed by atoms with van der Waals surface area (Å²) in [6.45, 7) is 5.40. The molecule has 0 saturated carbocycles. The minimum absolute atomic E-state index is 0.386. The van der Waals surface area contributed by atoms with Crippen LogP contribution in [0.25, 0.3) is 0 Å². The monoisotopic (exact) mass is 151 g/mol. The highest BCUT2D eigenvalue weighted by Gasteiger charge is 1.92. The van der Waals surface area contributed by atoms with Crippen LogP contribution >= 0.6 is 8.25 Å². The Hall–Kier alpha value is -0.310. The molecule has 54 valence electrons.